The summed E-state index contributed by atoms with van der Waals surface area (Å²) in [4.78, 5) is 31.8. The van der Waals surface area contributed by atoms with Crippen LogP contribution in [0.2, 0.25) is 5.02 Å². The molecular formula is C18H19ClF2N4O3. The van der Waals surface area contributed by atoms with E-state index >= 15 is 0 Å². The first kappa shape index (κ1) is 21.5. The Morgan fingerprint density at radius 1 is 1.29 bits per heavy atom. The minimum atomic E-state index is -2.64. The molecule has 0 bridgehead atoms. The molecule has 2 aromatic rings. The molecule has 0 aliphatic carbocycles. The molecule has 1 atom stereocenters. The molecule has 0 fully saturated rings. The molecule has 2 amide bonds. The molecule has 0 saturated heterocycles. The van der Waals surface area contributed by atoms with Crippen LogP contribution in [0.5, 0.6) is 5.88 Å². The van der Waals surface area contributed by atoms with Crippen LogP contribution in [0, 0.1) is 6.92 Å². The van der Waals surface area contributed by atoms with Crippen molar-refractivity contribution in [1.29, 1.82) is 0 Å². The Balaban J connectivity index is 2.11. The third-order valence-electron chi connectivity index (χ3n) is 3.54. The number of hydrogen-bond acceptors (Lipinski definition) is 5. The molecule has 150 valence electrons. The maximum Gasteiger partial charge on any atom is 0.272 e. The number of aryl methyl sites for hydroxylation is 1. The molecule has 1 unspecified atom stereocenters. The minimum absolute atomic E-state index is 0.0620. The van der Waals surface area contributed by atoms with Gasteiger partial charge in [0.25, 0.3) is 12.3 Å². The third-order valence-corrected chi connectivity index (χ3v) is 3.81. The zero-order valence-corrected chi connectivity index (χ0v) is 16.2. The van der Waals surface area contributed by atoms with Gasteiger partial charge in [-0.15, -0.1) is 0 Å². The van der Waals surface area contributed by atoms with E-state index in [4.69, 9.17) is 16.3 Å². The number of nitrogens with one attached hydrogen (secondary N) is 2. The lowest BCUT2D eigenvalue weighted by molar-refractivity contribution is -0.114. The van der Waals surface area contributed by atoms with Gasteiger partial charge in [0.05, 0.1) is 6.04 Å². The van der Waals surface area contributed by atoms with Crippen LogP contribution in [0.1, 0.15) is 41.5 Å². The molecule has 28 heavy (non-hydrogen) atoms. The average Bonchev–Trinajstić information content (AvgIpc) is 2.59. The van der Waals surface area contributed by atoms with Crippen molar-refractivity contribution in [2.45, 2.75) is 33.2 Å². The lowest BCUT2D eigenvalue weighted by atomic mass is 10.1. The fourth-order valence-corrected chi connectivity index (χ4v) is 2.56. The Labute approximate surface area is 165 Å². The van der Waals surface area contributed by atoms with Gasteiger partial charge in [-0.3, -0.25) is 9.59 Å². The number of aromatic nitrogens is 2. The van der Waals surface area contributed by atoms with Crippen molar-refractivity contribution in [3.8, 4) is 5.88 Å². The summed E-state index contributed by atoms with van der Waals surface area (Å²) < 4.78 is 29.3. The Morgan fingerprint density at radius 3 is 2.61 bits per heavy atom. The number of anilines is 1. The Bertz CT molecular complexity index is 880. The SMILES string of the molecule is CC(=O)Nc1cc(C(=O)NC(C)c2cnc(OCC(F)F)c(Cl)c2)cc(C)n1. The zero-order chi connectivity index (χ0) is 20.8. The Kier molecular flexibility index (Phi) is 7.22. The third kappa shape index (κ3) is 6.12. The van der Waals surface area contributed by atoms with Crippen LogP contribution >= 0.6 is 11.6 Å². The highest BCUT2D eigenvalue weighted by molar-refractivity contribution is 6.31. The van der Waals surface area contributed by atoms with E-state index in [0.717, 1.165) is 0 Å². The monoisotopic (exact) mass is 412 g/mol. The first-order valence-corrected chi connectivity index (χ1v) is 8.67. The average molecular weight is 413 g/mol. The van der Waals surface area contributed by atoms with Gasteiger partial charge in [0.2, 0.25) is 11.8 Å². The van der Waals surface area contributed by atoms with Crippen molar-refractivity contribution in [2.24, 2.45) is 0 Å². The summed E-state index contributed by atoms with van der Waals surface area (Å²) in [5, 5.41) is 5.37. The Morgan fingerprint density at radius 2 is 2.00 bits per heavy atom. The van der Waals surface area contributed by atoms with Crippen molar-refractivity contribution in [2.75, 3.05) is 11.9 Å². The first-order valence-electron chi connectivity index (χ1n) is 8.29. The molecule has 2 aromatic heterocycles. The maximum absolute atomic E-state index is 12.5. The summed E-state index contributed by atoms with van der Waals surface area (Å²) >= 11 is 6.01. The number of nitrogens with zero attached hydrogens (tertiary/aromatic N) is 2. The fraction of sp³-hybridized carbons (Fsp3) is 0.333. The highest BCUT2D eigenvalue weighted by atomic mass is 35.5. The van der Waals surface area contributed by atoms with Gasteiger partial charge in [0, 0.05) is 24.4 Å². The number of amides is 2. The topological polar surface area (TPSA) is 93.2 Å². The second-order valence-electron chi connectivity index (χ2n) is 6.02. The van der Waals surface area contributed by atoms with Gasteiger partial charge in [-0.05, 0) is 37.6 Å². The van der Waals surface area contributed by atoms with E-state index in [2.05, 4.69) is 20.6 Å². The lowest BCUT2D eigenvalue weighted by Gasteiger charge is -2.16. The molecule has 0 saturated carbocycles. The molecule has 0 spiro atoms. The van der Waals surface area contributed by atoms with Crippen LogP contribution in [-0.2, 0) is 4.79 Å². The standard InChI is InChI=1S/C18H19ClF2N4O3/c1-9-4-12(6-16(23-9)25-11(3)26)17(27)24-10(2)13-5-14(19)18(22-7-13)28-8-15(20)21/h4-7,10,15H,8H2,1-3H3,(H,24,27)(H,23,25,26). The highest BCUT2D eigenvalue weighted by Gasteiger charge is 2.16. The number of hydrogen-bond donors (Lipinski definition) is 2. The highest BCUT2D eigenvalue weighted by Crippen LogP contribution is 2.25. The van der Waals surface area contributed by atoms with E-state index in [9.17, 15) is 18.4 Å². The summed E-state index contributed by atoms with van der Waals surface area (Å²) in [7, 11) is 0. The van der Waals surface area contributed by atoms with E-state index < -0.39 is 25.0 Å². The van der Waals surface area contributed by atoms with Gasteiger partial charge in [-0.25, -0.2) is 18.7 Å². The molecule has 0 aliphatic heterocycles. The summed E-state index contributed by atoms with van der Waals surface area (Å²) in [6.45, 7) is 3.95. The molecule has 10 heteroatoms. The summed E-state index contributed by atoms with van der Waals surface area (Å²) in [6.07, 6.45) is -1.25. The molecule has 7 nitrogen and oxygen atoms in total. The van der Waals surface area contributed by atoms with Crippen molar-refractivity contribution < 1.29 is 23.1 Å². The van der Waals surface area contributed by atoms with Gasteiger partial charge in [0.15, 0.2) is 6.61 Å². The molecule has 2 N–H and O–H groups in total. The van der Waals surface area contributed by atoms with Gasteiger partial charge in [-0.1, -0.05) is 11.6 Å². The second-order valence-corrected chi connectivity index (χ2v) is 6.42. The summed E-state index contributed by atoms with van der Waals surface area (Å²) in [5.41, 5.74) is 1.45. The molecule has 0 aromatic carbocycles. The number of pyridine rings is 2. The van der Waals surface area contributed by atoms with E-state index in [0.29, 0.717) is 16.8 Å². The first-order chi connectivity index (χ1) is 13.2. The van der Waals surface area contributed by atoms with Gasteiger partial charge in [0.1, 0.15) is 10.8 Å². The van der Waals surface area contributed by atoms with Gasteiger partial charge in [-0.2, -0.15) is 0 Å². The van der Waals surface area contributed by atoms with Crippen molar-refractivity contribution >= 4 is 29.2 Å². The second kappa shape index (κ2) is 9.41. The Hall–Kier alpha value is -2.81. The number of rotatable bonds is 7. The van der Waals surface area contributed by atoms with Crippen molar-refractivity contribution in [3.05, 3.63) is 46.2 Å². The molecule has 0 radical (unpaired) electrons. The van der Waals surface area contributed by atoms with Gasteiger partial charge < -0.3 is 15.4 Å². The van der Waals surface area contributed by atoms with Crippen LogP contribution in [-0.4, -0.2) is 34.8 Å². The van der Waals surface area contributed by atoms with E-state index in [1.807, 2.05) is 0 Å². The van der Waals surface area contributed by atoms with Crippen LogP contribution in [0.15, 0.2) is 24.4 Å². The maximum atomic E-state index is 12.5. The van der Waals surface area contributed by atoms with Crippen molar-refractivity contribution in [3.63, 3.8) is 0 Å². The zero-order valence-electron chi connectivity index (χ0n) is 15.4. The van der Waals surface area contributed by atoms with E-state index in [1.165, 1.54) is 25.3 Å². The number of alkyl halides is 2. The summed E-state index contributed by atoms with van der Waals surface area (Å²) in [5.74, 6) is -0.518. The smallest absolute Gasteiger partial charge is 0.272 e. The summed E-state index contributed by atoms with van der Waals surface area (Å²) in [6, 6.07) is 4.06. The number of ether oxygens (including phenoxy) is 1. The van der Waals surface area contributed by atoms with Crippen molar-refractivity contribution in [1.82, 2.24) is 15.3 Å². The number of carbonyl (C=O) groups is 2. The lowest BCUT2D eigenvalue weighted by Crippen LogP contribution is -2.27. The number of carbonyl (C=O) groups excluding carboxylic acids is 2. The largest absolute Gasteiger partial charge is 0.471 e. The van der Waals surface area contributed by atoms with Crippen LogP contribution in [0.3, 0.4) is 0 Å². The van der Waals surface area contributed by atoms with Crippen LogP contribution < -0.4 is 15.4 Å². The fourth-order valence-electron chi connectivity index (χ4n) is 2.33. The molecular weight excluding hydrogens is 394 g/mol. The van der Waals surface area contributed by atoms with Gasteiger partial charge >= 0.3 is 0 Å². The number of halogens is 3. The van der Waals surface area contributed by atoms with Crippen LogP contribution in [0.25, 0.3) is 0 Å². The predicted molar refractivity (Wildman–Crippen MR) is 99.9 cm³/mol. The van der Waals surface area contributed by atoms with Crippen LogP contribution in [0.4, 0.5) is 14.6 Å². The normalized spacial score (nSPS) is 11.8. The molecule has 0 aliphatic rings. The predicted octanol–water partition coefficient (Wildman–Crippen LogP) is 3.53. The molecule has 2 heterocycles. The molecule has 2 rings (SSSR count). The van der Waals surface area contributed by atoms with E-state index in [1.54, 1.807) is 19.9 Å². The van der Waals surface area contributed by atoms with E-state index in [-0.39, 0.29) is 22.6 Å². The quantitative estimate of drug-likeness (QED) is 0.725. The minimum Gasteiger partial charge on any atom is -0.471 e.